The molecule has 0 fully saturated rings. The molecule has 0 radical (unpaired) electrons. The van der Waals surface area contributed by atoms with E-state index in [0.717, 1.165) is 61.9 Å². The van der Waals surface area contributed by atoms with Gasteiger partial charge in [-0.2, -0.15) is 0 Å². The van der Waals surface area contributed by atoms with E-state index in [4.69, 9.17) is 15.0 Å². The Morgan fingerprint density at radius 1 is 0.368 bits per heavy atom. The van der Waals surface area contributed by atoms with Crippen molar-refractivity contribution in [2.24, 2.45) is 0 Å². The highest BCUT2D eigenvalue weighted by atomic mass is 28.3. The number of nitrogens with zero attached hydrogens (tertiary/aromatic N) is 5. The van der Waals surface area contributed by atoms with Crippen molar-refractivity contribution in [2.45, 2.75) is 0 Å². The van der Waals surface area contributed by atoms with E-state index in [1.807, 2.05) is 6.20 Å². The number of para-hydroxylation sites is 6. The number of benzene rings is 7. The van der Waals surface area contributed by atoms with Crippen molar-refractivity contribution < 1.29 is 0 Å². The molecule has 0 saturated carbocycles. The third-order valence-corrected chi connectivity index (χ3v) is 16.8. The van der Waals surface area contributed by atoms with Crippen LogP contribution in [0.25, 0.3) is 79.6 Å². The summed E-state index contributed by atoms with van der Waals surface area (Å²) in [6.45, 7) is 0. The summed E-state index contributed by atoms with van der Waals surface area (Å²) in [5.41, 5.74) is 13.1. The zero-order chi connectivity index (χ0) is 37.5. The Labute approximate surface area is 330 Å². The lowest BCUT2D eigenvalue weighted by molar-refractivity contribution is 1.10. The average molecular weight is 744 g/mol. The van der Waals surface area contributed by atoms with Gasteiger partial charge in [0, 0.05) is 34.3 Å². The van der Waals surface area contributed by atoms with E-state index in [0.29, 0.717) is 0 Å². The summed E-state index contributed by atoms with van der Waals surface area (Å²) >= 11 is 0. The van der Waals surface area contributed by atoms with Crippen LogP contribution in [0.1, 0.15) is 11.1 Å². The first-order chi connectivity index (χ1) is 28.3. The summed E-state index contributed by atoms with van der Waals surface area (Å²) in [6.07, 6.45) is 6.66. The summed E-state index contributed by atoms with van der Waals surface area (Å²) in [5.74, 6) is 1.84. The van der Waals surface area contributed by atoms with Crippen molar-refractivity contribution >= 4 is 63.0 Å². The SMILES string of the molecule is C1=Cc2c(-c3nc4ccccc4n3-c3ccccc3)cccc2[Si]2(c3ccccc3-c3ncccc32)c2cccc(-c3nc4ccccc4n3-c3ccccc3)c21. The van der Waals surface area contributed by atoms with E-state index in [-0.39, 0.29) is 0 Å². The van der Waals surface area contributed by atoms with E-state index in [1.54, 1.807) is 0 Å². The van der Waals surface area contributed by atoms with Gasteiger partial charge in [0.05, 0.1) is 27.8 Å². The fraction of sp³-hybridized carbons (Fsp3) is 0. The molecule has 3 aromatic heterocycles. The predicted octanol–water partition coefficient (Wildman–Crippen LogP) is 8.94. The Kier molecular flexibility index (Phi) is 6.88. The van der Waals surface area contributed by atoms with Gasteiger partial charge in [0.2, 0.25) is 0 Å². The molecule has 5 heterocycles. The fourth-order valence-electron chi connectivity index (χ4n) is 9.60. The molecule has 1 spiro atoms. The summed E-state index contributed by atoms with van der Waals surface area (Å²) < 4.78 is 4.63. The van der Waals surface area contributed by atoms with Crippen molar-refractivity contribution in [1.82, 2.24) is 24.1 Å². The molecule has 0 aliphatic carbocycles. The molecule has 6 heteroatoms. The highest BCUT2D eigenvalue weighted by Gasteiger charge is 2.52. The lowest BCUT2D eigenvalue weighted by atomic mass is 10.0. The highest BCUT2D eigenvalue weighted by Crippen LogP contribution is 2.38. The summed E-state index contributed by atoms with van der Waals surface area (Å²) in [4.78, 5) is 15.9. The number of aromatic nitrogens is 5. The van der Waals surface area contributed by atoms with Crippen LogP contribution >= 0.6 is 0 Å². The van der Waals surface area contributed by atoms with Crippen LogP contribution in [-0.4, -0.2) is 32.2 Å². The van der Waals surface area contributed by atoms with Crippen molar-refractivity contribution in [1.29, 1.82) is 0 Å². The van der Waals surface area contributed by atoms with Crippen molar-refractivity contribution in [3.8, 4) is 45.4 Å². The second-order valence-electron chi connectivity index (χ2n) is 14.8. The van der Waals surface area contributed by atoms with Crippen molar-refractivity contribution in [3.63, 3.8) is 0 Å². The van der Waals surface area contributed by atoms with E-state index in [9.17, 15) is 0 Å². The third-order valence-electron chi connectivity index (χ3n) is 11.9. The Morgan fingerprint density at radius 3 is 1.40 bits per heavy atom. The first-order valence-electron chi connectivity index (χ1n) is 19.4. The maximum absolute atomic E-state index is 5.40. The molecule has 0 bridgehead atoms. The van der Waals surface area contributed by atoms with Crippen molar-refractivity contribution in [3.05, 3.63) is 199 Å². The van der Waals surface area contributed by atoms with Gasteiger partial charge < -0.3 is 0 Å². The molecule has 266 valence electrons. The molecule has 12 rings (SSSR count). The van der Waals surface area contributed by atoms with Gasteiger partial charge in [-0.25, -0.2) is 9.97 Å². The highest BCUT2D eigenvalue weighted by molar-refractivity contribution is 7.22. The zero-order valence-electron chi connectivity index (χ0n) is 30.8. The van der Waals surface area contributed by atoms with Gasteiger partial charge in [-0.1, -0.05) is 140 Å². The Morgan fingerprint density at radius 2 is 0.825 bits per heavy atom. The average Bonchev–Trinajstić information content (AvgIpc) is 3.92. The summed E-state index contributed by atoms with van der Waals surface area (Å²) in [5, 5.41) is 5.32. The molecular formula is C51H33N5Si. The van der Waals surface area contributed by atoms with Gasteiger partial charge in [-0.3, -0.25) is 14.1 Å². The molecule has 0 amide bonds. The minimum atomic E-state index is -3.05. The molecule has 10 aromatic rings. The fourth-order valence-corrected chi connectivity index (χ4v) is 15.1. The van der Waals surface area contributed by atoms with Crippen LogP contribution in [0.5, 0.6) is 0 Å². The first-order valence-corrected chi connectivity index (χ1v) is 21.4. The van der Waals surface area contributed by atoms with Gasteiger partial charge in [0.15, 0.2) is 8.07 Å². The molecule has 2 aliphatic rings. The predicted molar refractivity (Wildman–Crippen MR) is 236 cm³/mol. The molecular weight excluding hydrogens is 711 g/mol. The molecule has 57 heavy (non-hydrogen) atoms. The molecule has 2 aliphatic heterocycles. The van der Waals surface area contributed by atoms with Crippen LogP contribution in [0.4, 0.5) is 0 Å². The zero-order valence-corrected chi connectivity index (χ0v) is 31.8. The maximum atomic E-state index is 5.40. The molecule has 0 N–H and O–H groups in total. The number of fused-ring (bicyclic) bond motifs is 11. The van der Waals surface area contributed by atoms with Gasteiger partial charge >= 0.3 is 0 Å². The van der Waals surface area contributed by atoms with Crippen LogP contribution in [-0.2, 0) is 0 Å². The first kappa shape index (κ1) is 31.9. The maximum Gasteiger partial charge on any atom is 0.183 e. The molecule has 0 atom stereocenters. The van der Waals surface area contributed by atoms with Crippen LogP contribution in [0, 0.1) is 0 Å². The number of imidazole rings is 2. The van der Waals surface area contributed by atoms with Crippen LogP contribution < -0.4 is 20.7 Å². The summed E-state index contributed by atoms with van der Waals surface area (Å²) in [6, 6.07) is 65.3. The standard InChI is InChI=1S/C51H33N5Si/c1-3-16-34(17-4-1)55-43-25-10-8-23-41(43)53-50(55)38-21-13-28-45-36(38)31-32-37-39(51-54-42-24-9-11-26-44(42)56(51)35-18-5-2-6-19-35)22-14-29-46(37)57(45)47-27-12-7-20-40(47)49-48(57)30-15-33-52-49/h1-33H. The van der Waals surface area contributed by atoms with E-state index < -0.39 is 8.07 Å². The monoisotopic (exact) mass is 743 g/mol. The largest absolute Gasteiger partial charge is 0.292 e. The van der Waals surface area contributed by atoms with Crippen molar-refractivity contribution in [2.75, 3.05) is 0 Å². The van der Waals surface area contributed by atoms with Gasteiger partial charge in [-0.15, -0.1) is 0 Å². The van der Waals surface area contributed by atoms with E-state index in [1.165, 1.54) is 37.4 Å². The minimum Gasteiger partial charge on any atom is -0.292 e. The van der Waals surface area contributed by atoms with Gasteiger partial charge in [0.1, 0.15) is 11.6 Å². The molecule has 5 nitrogen and oxygen atoms in total. The Hall–Kier alpha value is -7.41. The lowest BCUT2D eigenvalue weighted by Crippen LogP contribution is -2.73. The molecule has 0 saturated heterocycles. The number of hydrogen-bond acceptors (Lipinski definition) is 3. The number of rotatable bonds is 4. The molecule has 7 aromatic carbocycles. The summed E-state index contributed by atoms with van der Waals surface area (Å²) in [7, 11) is -3.05. The minimum absolute atomic E-state index is 0.919. The third kappa shape index (κ3) is 4.47. The van der Waals surface area contributed by atoms with Crippen LogP contribution in [0.15, 0.2) is 188 Å². The van der Waals surface area contributed by atoms with E-state index >= 15 is 0 Å². The quantitative estimate of drug-likeness (QED) is 0.169. The second kappa shape index (κ2) is 12.3. The number of hydrogen-bond donors (Lipinski definition) is 0. The Balaban J connectivity index is 1.22. The van der Waals surface area contributed by atoms with Crippen LogP contribution in [0.2, 0.25) is 0 Å². The van der Waals surface area contributed by atoms with Gasteiger partial charge in [0.25, 0.3) is 0 Å². The second-order valence-corrected chi connectivity index (χ2v) is 18.4. The van der Waals surface area contributed by atoms with Gasteiger partial charge in [-0.05, 0) is 86.5 Å². The van der Waals surface area contributed by atoms with E-state index in [2.05, 4.69) is 203 Å². The smallest absolute Gasteiger partial charge is 0.183 e. The Bertz CT molecular complexity index is 3030. The van der Waals surface area contributed by atoms with Crippen LogP contribution in [0.3, 0.4) is 0 Å². The molecule has 0 unspecified atom stereocenters. The lowest BCUT2D eigenvalue weighted by Gasteiger charge is -2.33. The normalized spacial score (nSPS) is 13.3. The topological polar surface area (TPSA) is 48.5 Å². The number of pyridine rings is 1.